The first-order valence-electron chi connectivity index (χ1n) is 9.18. The van der Waals surface area contributed by atoms with Crippen molar-refractivity contribution in [2.24, 2.45) is 5.92 Å². The summed E-state index contributed by atoms with van der Waals surface area (Å²) in [6.45, 7) is 3.90. The van der Waals surface area contributed by atoms with Gasteiger partial charge in [-0.05, 0) is 56.0 Å². The fourth-order valence-electron chi connectivity index (χ4n) is 3.60. The van der Waals surface area contributed by atoms with Gasteiger partial charge in [-0.25, -0.2) is 4.79 Å². The number of urea groups is 1. The third kappa shape index (κ3) is 5.42. The maximum atomic E-state index is 11.9. The van der Waals surface area contributed by atoms with Crippen molar-refractivity contribution in [1.82, 2.24) is 15.5 Å². The molecular formula is C19H29N3OS. The molecule has 0 bridgehead atoms. The van der Waals surface area contributed by atoms with Crippen LogP contribution in [0.25, 0.3) is 0 Å². The third-order valence-electron chi connectivity index (χ3n) is 5.16. The summed E-state index contributed by atoms with van der Waals surface area (Å²) in [5.74, 6) is 3.28. The first kappa shape index (κ1) is 17.6. The molecule has 0 unspecified atom stereocenters. The van der Waals surface area contributed by atoms with E-state index in [9.17, 15) is 4.79 Å². The number of piperidine rings is 1. The molecule has 24 heavy (non-hydrogen) atoms. The van der Waals surface area contributed by atoms with E-state index in [0.717, 1.165) is 19.0 Å². The summed E-state index contributed by atoms with van der Waals surface area (Å²) >= 11 is 2.09. The van der Waals surface area contributed by atoms with E-state index >= 15 is 0 Å². The van der Waals surface area contributed by atoms with Crippen molar-refractivity contribution < 1.29 is 4.79 Å². The van der Waals surface area contributed by atoms with Crippen LogP contribution >= 0.6 is 11.8 Å². The zero-order valence-corrected chi connectivity index (χ0v) is 15.2. The smallest absolute Gasteiger partial charge is 0.314 e. The number of hydrogen-bond acceptors (Lipinski definition) is 3. The topological polar surface area (TPSA) is 44.4 Å². The SMILES string of the molecule is O=C(NCCc1ccccc1)NCC1CCN([C@@H]2CCSC2)CC1. The highest BCUT2D eigenvalue weighted by Gasteiger charge is 2.27. The molecule has 2 saturated heterocycles. The Labute approximate surface area is 149 Å². The monoisotopic (exact) mass is 347 g/mol. The van der Waals surface area contributed by atoms with E-state index in [1.54, 1.807) is 0 Å². The molecule has 2 amide bonds. The molecule has 2 aliphatic heterocycles. The Morgan fingerprint density at radius 1 is 1.12 bits per heavy atom. The second-order valence-electron chi connectivity index (χ2n) is 6.87. The number of carbonyl (C=O) groups is 1. The molecule has 2 aliphatic rings. The Balaban J connectivity index is 1.27. The van der Waals surface area contributed by atoms with Crippen molar-refractivity contribution in [2.45, 2.75) is 31.7 Å². The summed E-state index contributed by atoms with van der Waals surface area (Å²) in [7, 11) is 0. The first-order chi connectivity index (χ1) is 11.8. The van der Waals surface area contributed by atoms with E-state index in [4.69, 9.17) is 0 Å². The van der Waals surface area contributed by atoms with Gasteiger partial charge in [-0.2, -0.15) is 11.8 Å². The summed E-state index contributed by atoms with van der Waals surface area (Å²) in [5, 5.41) is 6.01. The Bertz CT molecular complexity index is 497. The molecular weight excluding hydrogens is 318 g/mol. The van der Waals surface area contributed by atoms with E-state index in [2.05, 4.69) is 39.4 Å². The lowest BCUT2D eigenvalue weighted by Gasteiger charge is -2.35. The third-order valence-corrected chi connectivity index (χ3v) is 6.31. The van der Waals surface area contributed by atoms with Crippen LogP contribution < -0.4 is 10.6 Å². The first-order valence-corrected chi connectivity index (χ1v) is 10.3. The van der Waals surface area contributed by atoms with Crippen molar-refractivity contribution >= 4 is 17.8 Å². The van der Waals surface area contributed by atoms with Crippen LogP contribution in [0, 0.1) is 5.92 Å². The lowest BCUT2D eigenvalue weighted by atomic mass is 9.95. The number of nitrogens with zero attached hydrogens (tertiary/aromatic N) is 1. The maximum absolute atomic E-state index is 11.9. The molecule has 0 spiro atoms. The molecule has 1 aromatic rings. The van der Waals surface area contributed by atoms with Gasteiger partial charge in [0.2, 0.25) is 0 Å². The van der Waals surface area contributed by atoms with Gasteiger partial charge in [-0.3, -0.25) is 4.90 Å². The van der Waals surface area contributed by atoms with Gasteiger partial charge in [0.05, 0.1) is 0 Å². The van der Waals surface area contributed by atoms with Crippen LogP contribution in [0.15, 0.2) is 30.3 Å². The Hall–Kier alpha value is -1.20. The van der Waals surface area contributed by atoms with Gasteiger partial charge in [-0.15, -0.1) is 0 Å². The zero-order valence-electron chi connectivity index (χ0n) is 14.4. The van der Waals surface area contributed by atoms with E-state index < -0.39 is 0 Å². The molecule has 2 N–H and O–H groups in total. The second-order valence-corrected chi connectivity index (χ2v) is 8.02. The number of carbonyl (C=O) groups excluding carboxylic acids is 1. The van der Waals surface area contributed by atoms with Gasteiger partial charge in [-0.1, -0.05) is 30.3 Å². The van der Waals surface area contributed by atoms with E-state index in [1.807, 2.05) is 18.2 Å². The Morgan fingerprint density at radius 3 is 2.62 bits per heavy atom. The number of rotatable bonds is 6. The van der Waals surface area contributed by atoms with Gasteiger partial charge < -0.3 is 10.6 Å². The second kappa shape index (κ2) is 9.33. The average Bonchev–Trinajstić information content (AvgIpc) is 3.16. The summed E-state index contributed by atoms with van der Waals surface area (Å²) in [5.41, 5.74) is 1.26. The summed E-state index contributed by atoms with van der Waals surface area (Å²) in [6.07, 6.45) is 4.67. The van der Waals surface area contributed by atoms with Crippen LogP contribution in [0.5, 0.6) is 0 Å². The predicted octanol–water partition coefficient (Wildman–Crippen LogP) is 2.75. The fraction of sp³-hybridized carbons (Fsp3) is 0.632. The Kier molecular flexibility index (Phi) is 6.85. The number of hydrogen-bond donors (Lipinski definition) is 2. The lowest BCUT2D eigenvalue weighted by molar-refractivity contribution is 0.143. The highest BCUT2D eigenvalue weighted by atomic mass is 32.2. The van der Waals surface area contributed by atoms with E-state index in [-0.39, 0.29) is 6.03 Å². The number of likely N-dealkylation sites (tertiary alicyclic amines) is 1. The molecule has 0 aliphatic carbocycles. The van der Waals surface area contributed by atoms with Crippen LogP contribution in [-0.2, 0) is 6.42 Å². The minimum Gasteiger partial charge on any atom is -0.338 e. The number of nitrogens with one attached hydrogen (secondary N) is 2. The molecule has 0 radical (unpaired) electrons. The van der Waals surface area contributed by atoms with Crippen LogP contribution in [0.4, 0.5) is 4.79 Å². The summed E-state index contributed by atoms with van der Waals surface area (Å²) in [4.78, 5) is 14.6. The molecule has 2 fully saturated rings. The molecule has 3 rings (SSSR count). The minimum atomic E-state index is -0.0273. The zero-order chi connectivity index (χ0) is 16.6. The van der Waals surface area contributed by atoms with E-state index in [1.165, 1.54) is 49.4 Å². The molecule has 4 nitrogen and oxygen atoms in total. The van der Waals surface area contributed by atoms with Crippen LogP contribution in [0.1, 0.15) is 24.8 Å². The summed E-state index contributed by atoms with van der Waals surface area (Å²) in [6, 6.07) is 11.1. The normalized spacial score (nSPS) is 22.4. The average molecular weight is 348 g/mol. The largest absolute Gasteiger partial charge is 0.338 e. The quantitative estimate of drug-likeness (QED) is 0.832. The maximum Gasteiger partial charge on any atom is 0.314 e. The standard InChI is InChI=1S/C19H29N3OS/c23-19(20-10-6-16-4-2-1-3-5-16)21-14-17-7-11-22(12-8-17)18-9-13-24-15-18/h1-5,17-18H,6-15H2,(H2,20,21,23)/t18-/m1/s1. The molecule has 2 heterocycles. The Morgan fingerprint density at radius 2 is 1.92 bits per heavy atom. The van der Waals surface area contributed by atoms with Gasteiger partial charge in [0.15, 0.2) is 0 Å². The van der Waals surface area contributed by atoms with Gasteiger partial charge in [0.25, 0.3) is 0 Å². The molecule has 1 aromatic carbocycles. The lowest BCUT2D eigenvalue weighted by Crippen LogP contribution is -2.45. The van der Waals surface area contributed by atoms with Gasteiger partial charge in [0, 0.05) is 24.9 Å². The van der Waals surface area contributed by atoms with E-state index in [0.29, 0.717) is 12.5 Å². The molecule has 0 aromatic heterocycles. The highest BCUT2D eigenvalue weighted by molar-refractivity contribution is 7.99. The minimum absolute atomic E-state index is 0.0273. The predicted molar refractivity (Wildman–Crippen MR) is 102 cm³/mol. The number of thioether (sulfide) groups is 1. The van der Waals surface area contributed by atoms with Gasteiger partial charge in [0.1, 0.15) is 0 Å². The number of benzene rings is 1. The van der Waals surface area contributed by atoms with Crippen molar-refractivity contribution in [3.63, 3.8) is 0 Å². The van der Waals surface area contributed by atoms with Crippen LogP contribution in [-0.4, -0.2) is 54.7 Å². The molecule has 1 atom stereocenters. The highest BCUT2D eigenvalue weighted by Crippen LogP contribution is 2.26. The molecule has 5 heteroatoms. The fourth-order valence-corrected chi connectivity index (χ4v) is 4.85. The van der Waals surface area contributed by atoms with Gasteiger partial charge >= 0.3 is 6.03 Å². The molecule has 132 valence electrons. The number of amides is 2. The van der Waals surface area contributed by atoms with Crippen molar-refractivity contribution in [1.29, 1.82) is 0 Å². The molecule has 0 saturated carbocycles. The summed E-state index contributed by atoms with van der Waals surface area (Å²) < 4.78 is 0. The van der Waals surface area contributed by atoms with Crippen molar-refractivity contribution in [3.05, 3.63) is 35.9 Å². The van der Waals surface area contributed by atoms with Crippen molar-refractivity contribution in [3.8, 4) is 0 Å². The van der Waals surface area contributed by atoms with Crippen LogP contribution in [0.2, 0.25) is 0 Å². The van der Waals surface area contributed by atoms with Crippen LogP contribution in [0.3, 0.4) is 0 Å². The van der Waals surface area contributed by atoms with Crippen molar-refractivity contribution in [2.75, 3.05) is 37.7 Å².